The summed E-state index contributed by atoms with van der Waals surface area (Å²) in [5.41, 5.74) is 3.30. The Hall–Kier alpha value is -0.860. The van der Waals surface area contributed by atoms with Crippen molar-refractivity contribution >= 4 is 0 Å². The molecule has 0 aliphatic carbocycles. The number of aryl methyl sites for hydroxylation is 1. The van der Waals surface area contributed by atoms with Gasteiger partial charge < -0.3 is 5.32 Å². The molecule has 2 nitrogen and oxygen atoms in total. The molecule has 1 aliphatic rings. The average molecular weight is 274 g/mol. The summed E-state index contributed by atoms with van der Waals surface area (Å²) in [6.45, 7) is 14.8. The molecular formula is C18H30N2. The van der Waals surface area contributed by atoms with Crippen LogP contribution in [0.1, 0.15) is 51.7 Å². The van der Waals surface area contributed by atoms with Gasteiger partial charge in [-0.25, -0.2) is 0 Å². The highest BCUT2D eigenvalue weighted by Gasteiger charge is 2.40. The lowest BCUT2D eigenvalue weighted by molar-refractivity contribution is 0.0104. The minimum absolute atomic E-state index is 0.249. The third kappa shape index (κ3) is 3.24. The van der Waals surface area contributed by atoms with E-state index < -0.39 is 0 Å². The predicted octanol–water partition coefficient (Wildman–Crippen LogP) is 3.74. The highest BCUT2D eigenvalue weighted by molar-refractivity contribution is 5.22. The maximum absolute atomic E-state index is 3.77. The van der Waals surface area contributed by atoms with Crippen molar-refractivity contribution in [2.45, 2.75) is 65.1 Å². The summed E-state index contributed by atoms with van der Waals surface area (Å²) in [5, 5.41) is 3.77. The number of hydrogen-bond acceptors (Lipinski definition) is 2. The molecule has 0 aromatic heterocycles. The first-order valence-corrected chi connectivity index (χ1v) is 7.96. The largest absolute Gasteiger partial charge is 0.308 e. The van der Waals surface area contributed by atoms with Crippen LogP contribution >= 0.6 is 0 Å². The summed E-state index contributed by atoms with van der Waals surface area (Å²) < 4.78 is 0. The standard InChI is InChI=1S/C18H30N2/c1-6-17(4)14-20(18(5,7-2)13-19-17)12-16-10-8-9-15(3)11-16/h8-11,19H,6-7,12-14H2,1-5H3. The third-order valence-corrected chi connectivity index (χ3v) is 5.20. The molecular weight excluding hydrogens is 244 g/mol. The Balaban J connectivity index is 2.20. The van der Waals surface area contributed by atoms with Gasteiger partial charge in [-0.05, 0) is 39.2 Å². The van der Waals surface area contributed by atoms with E-state index in [-0.39, 0.29) is 11.1 Å². The van der Waals surface area contributed by atoms with E-state index in [2.05, 4.69) is 69.1 Å². The Kier molecular flexibility index (Phi) is 4.55. The maximum atomic E-state index is 3.77. The number of piperazine rings is 1. The SMILES string of the molecule is CCC1(C)CN(Cc2cccc(C)c2)C(C)(CC)CN1. The van der Waals surface area contributed by atoms with Crippen LogP contribution in [0.25, 0.3) is 0 Å². The van der Waals surface area contributed by atoms with Gasteiger partial charge in [-0.3, -0.25) is 4.90 Å². The van der Waals surface area contributed by atoms with Crippen LogP contribution in [0.4, 0.5) is 0 Å². The van der Waals surface area contributed by atoms with Gasteiger partial charge in [0.15, 0.2) is 0 Å². The van der Waals surface area contributed by atoms with Gasteiger partial charge in [-0.2, -0.15) is 0 Å². The molecule has 2 atom stereocenters. The first-order valence-electron chi connectivity index (χ1n) is 7.96. The lowest BCUT2D eigenvalue weighted by Crippen LogP contribution is -2.67. The molecule has 0 amide bonds. The Morgan fingerprint density at radius 3 is 2.55 bits per heavy atom. The zero-order valence-electron chi connectivity index (χ0n) is 13.8. The number of nitrogens with one attached hydrogen (secondary N) is 1. The van der Waals surface area contributed by atoms with Gasteiger partial charge in [0.2, 0.25) is 0 Å². The number of rotatable bonds is 4. The van der Waals surface area contributed by atoms with Gasteiger partial charge in [0.25, 0.3) is 0 Å². The highest BCUT2D eigenvalue weighted by atomic mass is 15.3. The van der Waals surface area contributed by atoms with E-state index in [0.29, 0.717) is 0 Å². The number of nitrogens with zero attached hydrogens (tertiary/aromatic N) is 1. The van der Waals surface area contributed by atoms with Crippen molar-refractivity contribution in [3.63, 3.8) is 0 Å². The molecule has 1 aromatic carbocycles. The van der Waals surface area contributed by atoms with Gasteiger partial charge in [0, 0.05) is 30.7 Å². The van der Waals surface area contributed by atoms with E-state index in [0.717, 1.165) is 19.6 Å². The summed E-state index contributed by atoms with van der Waals surface area (Å²) in [6, 6.07) is 8.93. The fourth-order valence-electron chi connectivity index (χ4n) is 3.05. The first-order chi connectivity index (χ1) is 9.41. The van der Waals surface area contributed by atoms with Crippen LogP contribution in [0, 0.1) is 6.92 Å². The molecule has 2 heteroatoms. The van der Waals surface area contributed by atoms with Crippen LogP contribution in [-0.4, -0.2) is 29.1 Å². The predicted molar refractivity (Wildman–Crippen MR) is 87.0 cm³/mol. The summed E-state index contributed by atoms with van der Waals surface area (Å²) in [7, 11) is 0. The van der Waals surface area contributed by atoms with E-state index >= 15 is 0 Å². The zero-order chi connectivity index (χ0) is 14.8. The molecule has 1 aliphatic heterocycles. The van der Waals surface area contributed by atoms with E-state index in [9.17, 15) is 0 Å². The molecule has 1 aromatic rings. The van der Waals surface area contributed by atoms with Crippen molar-refractivity contribution in [1.29, 1.82) is 0 Å². The minimum Gasteiger partial charge on any atom is -0.308 e. The lowest BCUT2D eigenvalue weighted by atomic mass is 9.85. The van der Waals surface area contributed by atoms with Crippen molar-refractivity contribution in [2.24, 2.45) is 0 Å². The van der Waals surface area contributed by atoms with Gasteiger partial charge in [0.05, 0.1) is 0 Å². The monoisotopic (exact) mass is 274 g/mol. The van der Waals surface area contributed by atoms with Gasteiger partial charge in [-0.1, -0.05) is 43.7 Å². The van der Waals surface area contributed by atoms with Crippen molar-refractivity contribution in [1.82, 2.24) is 10.2 Å². The molecule has 1 fully saturated rings. The van der Waals surface area contributed by atoms with Gasteiger partial charge in [-0.15, -0.1) is 0 Å². The quantitative estimate of drug-likeness (QED) is 0.900. The van der Waals surface area contributed by atoms with E-state index in [4.69, 9.17) is 0 Å². The summed E-state index contributed by atoms with van der Waals surface area (Å²) in [5.74, 6) is 0. The van der Waals surface area contributed by atoms with Crippen LogP contribution in [0.3, 0.4) is 0 Å². The smallest absolute Gasteiger partial charge is 0.0307 e. The Labute approximate surface area is 124 Å². The molecule has 0 spiro atoms. The van der Waals surface area contributed by atoms with Crippen molar-refractivity contribution < 1.29 is 0 Å². The molecule has 1 heterocycles. The van der Waals surface area contributed by atoms with Gasteiger partial charge >= 0.3 is 0 Å². The molecule has 2 rings (SSSR count). The van der Waals surface area contributed by atoms with Crippen LogP contribution in [0.15, 0.2) is 24.3 Å². The Morgan fingerprint density at radius 1 is 1.20 bits per heavy atom. The summed E-state index contributed by atoms with van der Waals surface area (Å²) in [4.78, 5) is 2.68. The van der Waals surface area contributed by atoms with Crippen LogP contribution < -0.4 is 5.32 Å². The molecule has 112 valence electrons. The van der Waals surface area contributed by atoms with Gasteiger partial charge in [0.1, 0.15) is 0 Å². The van der Waals surface area contributed by atoms with E-state index in [1.165, 1.54) is 24.0 Å². The molecule has 1 N–H and O–H groups in total. The maximum Gasteiger partial charge on any atom is 0.0307 e. The third-order valence-electron chi connectivity index (χ3n) is 5.20. The fourth-order valence-corrected chi connectivity index (χ4v) is 3.05. The van der Waals surface area contributed by atoms with Crippen molar-refractivity contribution in [2.75, 3.05) is 13.1 Å². The summed E-state index contributed by atoms with van der Waals surface area (Å²) in [6.07, 6.45) is 2.36. The Bertz CT molecular complexity index is 456. The molecule has 0 bridgehead atoms. The normalized spacial score (nSPS) is 31.4. The topological polar surface area (TPSA) is 15.3 Å². The number of hydrogen-bond donors (Lipinski definition) is 1. The van der Waals surface area contributed by atoms with Crippen LogP contribution in [0.2, 0.25) is 0 Å². The minimum atomic E-state index is 0.249. The second-order valence-electron chi connectivity index (χ2n) is 6.96. The zero-order valence-corrected chi connectivity index (χ0v) is 13.8. The molecule has 20 heavy (non-hydrogen) atoms. The average Bonchev–Trinajstić information content (AvgIpc) is 2.43. The second-order valence-corrected chi connectivity index (χ2v) is 6.96. The summed E-state index contributed by atoms with van der Waals surface area (Å²) >= 11 is 0. The Morgan fingerprint density at radius 2 is 1.95 bits per heavy atom. The van der Waals surface area contributed by atoms with Crippen molar-refractivity contribution in [3.05, 3.63) is 35.4 Å². The molecule has 0 saturated carbocycles. The molecule has 2 unspecified atom stereocenters. The second kappa shape index (κ2) is 5.87. The van der Waals surface area contributed by atoms with Crippen LogP contribution in [-0.2, 0) is 6.54 Å². The van der Waals surface area contributed by atoms with E-state index in [1.54, 1.807) is 0 Å². The molecule has 0 radical (unpaired) electrons. The van der Waals surface area contributed by atoms with Crippen LogP contribution in [0.5, 0.6) is 0 Å². The fraction of sp³-hybridized carbons (Fsp3) is 0.667. The first kappa shape index (κ1) is 15.5. The van der Waals surface area contributed by atoms with Crippen molar-refractivity contribution in [3.8, 4) is 0 Å². The highest BCUT2D eigenvalue weighted by Crippen LogP contribution is 2.30. The van der Waals surface area contributed by atoms with E-state index in [1.807, 2.05) is 0 Å². The lowest BCUT2D eigenvalue weighted by Gasteiger charge is -2.52. The molecule has 1 saturated heterocycles. The number of benzene rings is 1.